The van der Waals surface area contributed by atoms with E-state index in [1.807, 2.05) is 43.3 Å². The molecule has 0 bridgehead atoms. The van der Waals surface area contributed by atoms with E-state index < -0.39 is 11.9 Å². The number of amides is 1. The maximum absolute atomic E-state index is 14.0. The Morgan fingerprint density at radius 2 is 1.73 bits per heavy atom. The molecule has 0 saturated heterocycles. The van der Waals surface area contributed by atoms with Gasteiger partial charge in [-0.2, -0.15) is 0 Å². The van der Waals surface area contributed by atoms with Crippen LogP contribution in [0.5, 0.6) is 11.5 Å². The molecule has 1 aromatic heterocycles. The zero-order chi connectivity index (χ0) is 29.0. The van der Waals surface area contributed by atoms with Crippen molar-refractivity contribution in [1.29, 1.82) is 0 Å². The molecule has 1 amide bonds. The number of nitrogens with two attached hydrogens (primary N) is 1. The molecule has 0 fully saturated rings. The number of aromatic nitrogens is 1. The van der Waals surface area contributed by atoms with E-state index in [2.05, 4.69) is 4.98 Å². The molecule has 3 aromatic carbocycles. The van der Waals surface area contributed by atoms with Crippen LogP contribution in [0.3, 0.4) is 0 Å². The molecule has 0 aliphatic rings. The number of pyridine rings is 1. The van der Waals surface area contributed by atoms with E-state index in [1.165, 1.54) is 12.1 Å². The molecule has 1 heterocycles. The number of likely N-dealkylation sites (N-methyl/N-ethyl adjacent to an activating group) is 1. The third kappa shape index (κ3) is 6.32. The minimum Gasteiger partial charge on any atom is -0.496 e. The van der Waals surface area contributed by atoms with Crippen molar-refractivity contribution in [2.75, 3.05) is 19.9 Å². The third-order valence-electron chi connectivity index (χ3n) is 6.83. The van der Waals surface area contributed by atoms with Gasteiger partial charge in [0.05, 0.1) is 12.1 Å². The highest BCUT2D eigenvalue weighted by atomic mass is 35.5. The van der Waals surface area contributed by atoms with Crippen molar-refractivity contribution in [3.05, 3.63) is 105 Å². The number of methoxy groups -OCH3 is 1. The van der Waals surface area contributed by atoms with Crippen LogP contribution in [-0.4, -0.2) is 36.0 Å². The Hall–Kier alpha value is -3.81. The first-order valence-electron chi connectivity index (χ1n) is 12.7. The van der Waals surface area contributed by atoms with Crippen molar-refractivity contribution in [1.82, 2.24) is 9.88 Å². The van der Waals surface area contributed by atoms with Crippen molar-refractivity contribution >= 4 is 34.9 Å². The number of hydrogen-bond donors (Lipinski definition) is 1. The number of rotatable bonds is 9. The second kappa shape index (κ2) is 12.6. The molecule has 0 saturated carbocycles. The van der Waals surface area contributed by atoms with Gasteiger partial charge in [-0.3, -0.25) is 4.79 Å². The summed E-state index contributed by atoms with van der Waals surface area (Å²) in [5.41, 5.74) is 9.52. The van der Waals surface area contributed by atoms with Crippen LogP contribution < -0.4 is 15.2 Å². The molecule has 9 heteroatoms. The molecule has 4 rings (SSSR count). The monoisotopic (exact) mass is 581 g/mol. The number of halogens is 3. The molecule has 40 heavy (non-hydrogen) atoms. The van der Waals surface area contributed by atoms with E-state index in [9.17, 15) is 9.18 Å². The number of hydrogen-bond acceptors (Lipinski definition) is 5. The zero-order valence-electron chi connectivity index (χ0n) is 22.6. The molecule has 208 valence electrons. The Bertz CT molecular complexity index is 1510. The lowest BCUT2D eigenvalue weighted by atomic mass is 10.0. The van der Waals surface area contributed by atoms with Crippen molar-refractivity contribution in [3.63, 3.8) is 0 Å². The van der Waals surface area contributed by atoms with Gasteiger partial charge in [0.1, 0.15) is 17.7 Å². The zero-order valence-corrected chi connectivity index (χ0v) is 24.1. The molecule has 2 atom stereocenters. The summed E-state index contributed by atoms with van der Waals surface area (Å²) in [4.78, 5) is 19.2. The second-order valence-electron chi connectivity index (χ2n) is 9.48. The number of anilines is 1. The fraction of sp³-hybridized carbons (Fsp3) is 0.226. The number of carbonyl (C=O) groups excluding carboxylic acids is 1. The van der Waals surface area contributed by atoms with E-state index >= 15 is 0 Å². The molecule has 0 aliphatic heterocycles. The lowest BCUT2D eigenvalue weighted by Gasteiger charge is -2.26. The van der Waals surface area contributed by atoms with Crippen molar-refractivity contribution in [2.45, 2.75) is 32.4 Å². The summed E-state index contributed by atoms with van der Waals surface area (Å²) < 4.78 is 25.5. The van der Waals surface area contributed by atoms with Gasteiger partial charge < -0.3 is 20.1 Å². The van der Waals surface area contributed by atoms with E-state index in [1.54, 1.807) is 50.4 Å². The van der Waals surface area contributed by atoms with Gasteiger partial charge in [-0.15, -0.1) is 0 Å². The lowest BCUT2D eigenvalue weighted by Crippen LogP contribution is -2.36. The highest BCUT2D eigenvalue weighted by molar-refractivity contribution is 6.36. The molecule has 6 nitrogen and oxygen atoms in total. The standard InChI is InChI=1S/C31H30Cl2FN3O3/c1-18(15-22-7-5-6-8-26(22)39-4)37(3)31(38)21-11-9-20(10-12-21)23-16-27(30(35)36-17-23)40-19(2)28-24(32)13-14-25(34)29(28)33/h5-14,16-19H,15H2,1-4H3,(H2,35,36)/t18-,19?/m0/s1. The smallest absolute Gasteiger partial charge is 0.253 e. The van der Waals surface area contributed by atoms with E-state index in [0.717, 1.165) is 22.4 Å². The van der Waals surface area contributed by atoms with E-state index in [0.29, 0.717) is 23.3 Å². The van der Waals surface area contributed by atoms with Crippen molar-refractivity contribution in [3.8, 4) is 22.6 Å². The molecule has 0 spiro atoms. The number of benzene rings is 3. The van der Waals surface area contributed by atoms with Gasteiger partial charge in [-0.1, -0.05) is 53.5 Å². The quantitative estimate of drug-likeness (QED) is 0.205. The maximum atomic E-state index is 14.0. The van der Waals surface area contributed by atoms with Gasteiger partial charge in [0, 0.05) is 41.0 Å². The predicted octanol–water partition coefficient (Wildman–Crippen LogP) is 7.63. The fourth-order valence-corrected chi connectivity index (χ4v) is 5.09. The molecular formula is C31H30Cl2FN3O3. The Morgan fingerprint density at radius 3 is 2.42 bits per heavy atom. The van der Waals surface area contributed by atoms with Gasteiger partial charge in [0.15, 0.2) is 11.6 Å². The van der Waals surface area contributed by atoms with Crippen LogP contribution in [0.25, 0.3) is 11.1 Å². The summed E-state index contributed by atoms with van der Waals surface area (Å²) in [6.45, 7) is 3.70. The fourth-order valence-electron chi connectivity index (χ4n) is 4.41. The lowest BCUT2D eigenvalue weighted by molar-refractivity contribution is 0.0743. The van der Waals surface area contributed by atoms with Crippen LogP contribution in [0.2, 0.25) is 10.0 Å². The highest BCUT2D eigenvalue weighted by Crippen LogP contribution is 2.37. The first-order chi connectivity index (χ1) is 19.1. The van der Waals surface area contributed by atoms with Crippen LogP contribution in [0, 0.1) is 5.82 Å². The Kier molecular flexibility index (Phi) is 9.17. The van der Waals surface area contributed by atoms with Gasteiger partial charge in [0.25, 0.3) is 5.91 Å². The van der Waals surface area contributed by atoms with Crippen LogP contribution in [0.4, 0.5) is 10.2 Å². The number of para-hydroxylation sites is 1. The molecular weight excluding hydrogens is 552 g/mol. The summed E-state index contributed by atoms with van der Waals surface area (Å²) in [5.74, 6) is 0.580. The largest absolute Gasteiger partial charge is 0.496 e. The number of nitrogens with zero attached hydrogens (tertiary/aromatic N) is 2. The third-order valence-corrected chi connectivity index (χ3v) is 7.54. The van der Waals surface area contributed by atoms with E-state index in [-0.39, 0.29) is 27.8 Å². The highest BCUT2D eigenvalue weighted by Gasteiger charge is 2.21. The van der Waals surface area contributed by atoms with E-state index in [4.69, 9.17) is 38.4 Å². The van der Waals surface area contributed by atoms with Crippen LogP contribution >= 0.6 is 23.2 Å². The summed E-state index contributed by atoms with van der Waals surface area (Å²) in [7, 11) is 3.43. The second-order valence-corrected chi connectivity index (χ2v) is 10.3. The predicted molar refractivity (Wildman–Crippen MR) is 158 cm³/mol. The molecule has 0 radical (unpaired) electrons. The molecule has 2 N–H and O–H groups in total. The Morgan fingerprint density at radius 1 is 1.02 bits per heavy atom. The van der Waals surface area contributed by atoms with Crippen LogP contribution in [0.15, 0.2) is 72.9 Å². The number of ether oxygens (including phenoxy) is 2. The topological polar surface area (TPSA) is 77.7 Å². The Labute approximate surface area is 243 Å². The Balaban J connectivity index is 1.49. The van der Waals surface area contributed by atoms with Crippen LogP contribution in [0.1, 0.15) is 41.4 Å². The minimum atomic E-state index is -0.691. The minimum absolute atomic E-state index is 0.0495. The summed E-state index contributed by atoms with van der Waals surface area (Å²) in [6, 6.07) is 19.3. The average molecular weight is 583 g/mol. The van der Waals surface area contributed by atoms with Crippen molar-refractivity contribution < 1.29 is 18.7 Å². The average Bonchev–Trinajstić information content (AvgIpc) is 2.96. The number of carbonyl (C=O) groups is 1. The van der Waals surface area contributed by atoms with Gasteiger partial charge in [-0.25, -0.2) is 9.37 Å². The van der Waals surface area contributed by atoms with Crippen LogP contribution in [-0.2, 0) is 6.42 Å². The van der Waals surface area contributed by atoms with Gasteiger partial charge in [-0.05, 0) is 67.8 Å². The SMILES string of the molecule is COc1ccccc1C[C@H](C)N(C)C(=O)c1ccc(-c2cnc(N)c(OC(C)c3c(Cl)ccc(F)c3Cl)c2)cc1. The molecule has 4 aromatic rings. The number of nitrogen functional groups attached to an aromatic ring is 1. The summed E-state index contributed by atoms with van der Waals surface area (Å²) in [6.07, 6.45) is 1.59. The maximum Gasteiger partial charge on any atom is 0.253 e. The molecule has 1 unspecified atom stereocenters. The summed E-state index contributed by atoms with van der Waals surface area (Å²) in [5, 5.41) is 0.175. The van der Waals surface area contributed by atoms with Crippen molar-refractivity contribution in [2.24, 2.45) is 0 Å². The first kappa shape index (κ1) is 29.2. The van der Waals surface area contributed by atoms with Gasteiger partial charge >= 0.3 is 0 Å². The summed E-state index contributed by atoms with van der Waals surface area (Å²) >= 11 is 12.4. The molecule has 0 aliphatic carbocycles. The first-order valence-corrected chi connectivity index (χ1v) is 13.4. The normalized spacial score (nSPS) is 12.5. The van der Waals surface area contributed by atoms with Gasteiger partial charge in [0.2, 0.25) is 0 Å².